The number of fused-ring (bicyclic) bond motifs is 1. The molecule has 2 aromatic heterocycles. The van der Waals surface area contributed by atoms with Gasteiger partial charge in [-0.2, -0.15) is 5.10 Å². The molecule has 3 heterocycles. The summed E-state index contributed by atoms with van der Waals surface area (Å²) in [6, 6.07) is 1.88. The summed E-state index contributed by atoms with van der Waals surface area (Å²) in [6.45, 7) is 2.41. The Morgan fingerprint density at radius 1 is 1.56 bits per heavy atom. The van der Waals surface area contributed by atoms with Gasteiger partial charge in [0.05, 0.1) is 16.3 Å². The van der Waals surface area contributed by atoms with Gasteiger partial charge in [-0.05, 0) is 36.6 Å². The fraction of sp³-hybridized carbons (Fsp3) is 0.538. The minimum absolute atomic E-state index is 0.0328. The van der Waals surface area contributed by atoms with E-state index in [0.717, 1.165) is 36.1 Å². The second-order valence-corrected chi connectivity index (χ2v) is 5.69. The lowest BCUT2D eigenvalue weighted by Crippen LogP contribution is -2.25. The summed E-state index contributed by atoms with van der Waals surface area (Å²) in [5.74, 6) is 0.575. The second kappa shape index (κ2) is 5.20. The van der Waals surface area contributed by atoms with E-state index >= 15 is 0 Å². The summed E-state index contributed by atoms with van der Waals surface area (Å²) in [5, 5.41) is 6.96. The molecule has 0 N–H and O–H groups in total. The fourth-order valence-corrected chi connectivity index (χ4v) is 3.15. The number of aromatic nitrogens is 2. The monoisotopic (exact) mass is 264 g/mol. The molecule has 96 valence electrons. The molecule has 1 saturated heterocycles. The van der Waals surface area contributed by atoms with Crippen molar-refractivity contribution in [3.8, 4) is 0 Å². The highest BCUT2D eigenvalue weighted by atomic mass is 32.1. The van der Waals surface area contributed by atoms with Gasteiger partial charge in [-0.3, -0.25) is 4.79 Å². The molecule has 1 aliphatic rings. The van der Waals surface area contributed by atoms with Gasteiger partial charge in [-0.1, -0.05) is 0 Å². The molecule has 0 aliphatic carbocycles. The molecule has 5 heteroatoms. The predicted octanol–water partition coefficient (Wildman–Crippen LogP) is 2.27. The van der Waals surface area contributed by atoms with Gasteiger partial charge >= 0.3 is 0 Å². The molecule has 1 atom stereocenters. The molecule has 0 radical (unpaired) electrons. The third kappa shape index (κ3) is 2.33. The van der Waals surface area contributed by atoms with Crippen LogP contribution in [0.3, 0.4) is 0 Å². The van der Waals surface area contributed by atoms with Crippen LogP contribution in [-0.4, -0.2) is 23.0 Å². The molecule has 0 spiro atoms. The molecule has 2 aromatic rings. The van der Waals surface area contributed by atoms with Crippen molar-refractivity contribution < 1.29 is 4.74 Å². The van der Waals surface area contributed by atoms with Gasteiger partial charge in [-0.25, -0.2) is 4.68 Å². The van der Waals surface area contributed by atoms with Crippen LogP contribution in [0.1, 0.15) is 19.3 Å². The van der Waals surface area contributed by atoms with Crippen LogP contribution >= 0.6 is 11.3 Å². The lowest BCUT2D eigenvalue weighted by Gasteiger charge is -2.21. The van der Waals surface area contributed by atoms with Crippen molar-refractivity contribution in [3.05, 3.63) is 28.0 Å². The molecular formula is C13H16N2O2S. The largest absolute Gasteiger partial charge is 0.381 e. The zero-order valence-electron chi connectivity index (χ0n) is 10.2. The van der Waals surface area contributed by atoms with E-state index < -0.39 is 0 Å². The van der Waals surface area contributed by atoms with Crippen LogP contribution in [0, 0.1) is 5.92 Å². The maximum absolute atomic E-state index is 12.1. The van der Waals surface area contributed by atoms with Crippen LogP contribution in [0.4, 0.5) is 0 Å². The number of rotatable bonds is 3. The minimum Gasteiger partial charge on any atom is -0.381 e. The van der Waals surface area contributed by atoms with Gasteiger partial charge in [0.15, 0.2) is 0 Å². The van der Waals surface area contributed by atoms with Crippen molar-refractivity contribution in [3.63, 3.8) is 0 Å². The normalized spacial score (nSPS) is 20.3. The third-order valence-electron chi connectivity index (χ3n) is 3.48. The molecule has 1 aliphatic heterocycles. The highest BCUT2D eigenvalue weighted by molar-refractivity contribution is 7.17. The maximum atomic E-state index is 12.1. The zero-order valence-corrected chi connectivity index (χ0v) is 11.0. The number of hydrogen-bond acceptors (Lipinski definition) is 4. The van der Waals surface area contributed by atoms with Gasteiger partial charge in [0, 0.05) is 19.8 Å². The van der Waals surface area contributed by atoms with Gasteiger partial charge in [-0.15, -0.1) is 11.3 Å². The molecule has 3 rings (SSSR count). The Kier molecular flexibility index (Phi) is 3.43. The average molecular weight is 264 g/mol. The molecule has 0 saturated carbocycles. The highest BCUT2D eigenvalue weighted by Gasteiger charge is 2.14. The van der Waals surface area contributed by atoms with Crippen molar-refractivity contribution in [1.29, 1.82) is 0 Å². The van der Waals surface area contributed by atoms with E-state index in [-0.39, 0.29) is 5.56 Å². The molecular weight excluding hydrogens is 248 g/mol. The maximum Gasteiger partial charge on any atom is 0.275 e. The van der Waals surface area contributed by atoms with Crippen LogP contribution in [0.2, 0.25) is 0 Å². The summed E-state index contributed by atoms with van der Waals surface area (Å²) < 4.78 is 8.01. The number of hydrogen-bond donors (Lipinski definition) is 0. The first-order valence-electron chi connectivity index (χ1n) is 6.35. The van der Waals surface area contributed by atoms with Crippen molar-refractivity contribution in [2.24, 2.45) is 5.92 Å². The number of ether oxygens (including phenoxy) is 1. The Labute approximate surface area is 109 Å². The molecule has 1 unspecified atom stereocenters. The zero-order chi connectivity index (χ0) is 12.4. The summed E-state index contributed by atoms with van der Waals surface area (Å²) in [4.78, 5) is 12.1. The molecule has 18 heavy (non-hydrogen) atoms. The number of thiophene rings is 1. The topological polar surface area (TPSA) is 44.1 Å². The van der Waals surface area contributed by atoms with Gasteiger partial charge in [0.1, 0.15) is 0 Å². The van der Waals surface area contributed by atoms with Crippen molar-refractivity contribution in [2.75, 3.05) is 13.2 Å². The van der Waals surface area contributed by atoms with E-state index in [9.17, 15) is 4.79 Å². The fourth-order valence-electron chi connectivity index (χ4n) is 2.41. The van der Waals surface area contributed by atoms with E-state index in [0.29, 0.717) is 12.5 Å². The van der Waals surface area contributed by atoms with Crippen molar-refractivity contribution in [1.82, 2.24) is 9.78 Å². The second-order valence-electron chi connectivity index (χ2n) is 4.74. The first-order chi connectivity index (χ1) is 8.84. The lowest BCUT2D eigenvalue weighted by molar-refractivity contribution is 0.0495. The van der Waals surface area contributed by atoms with Gasteiger partial charge in [0.2, 0.25) is 0 Å². The molecule has 0 bridgehead atoms. The smallest absolute Gasteiger partial charge is 0.275 e. The van der Waals surface area contributed by atoms with Crippen LogP contribution < -0.4 is 5.56 Å². The van der Waals surface area contributed by atoms with Crippen LogP contribution in [0.5, 0.6) is 0 Å². The third-order valence-corrected chi connectivity index (χ3v) is 4.33. The average Bonchev–Trinajstić information content (AvgIpc) is 2.88. The summed E-state index contributed by atoms with van der Waals surface area (Å²) in [7, 11) is 0. The van der Waals surface area contributed by atoms with Gasteiger partial charge < -0.3 is 4.74 Å². The van der Waals surface area contributed by atoms with E-state index in [1.165, 1.54) is 6.42 Å². The Hall–Kier alpha value is -1.20. The first-order valence-corrected chi connectivity index (χ1v) is 7.23. The minimum atomic E-state index is 0.0328. The number of nitrogens with zero attached hydrogens (tertiary/aromatic N) is 2. The summed E-state index contributed by atoms with van der Waals surface area (Å²) >= 11 is 1.56. The van der Waals surface area contributed by atoms with Crippen molar-refractivity contribution >= 4 is 21.4 Å². The molecule has 0 aromatic carbocycles. The molecule has 1 fully saturated rings. The quantitative estimate of drug-likeness (QED) is 0.854. The first kappa shape index (κ1) is 11.9. The summed E-state index contributed by atoms with van der Waals surface area (Å²) in [6.07, 6.45) is 5.10. The Morgan fingerprint density at radius 3 is 3.33 bits per heavy atom. The van der Waals surface area contributed by atoms with Crippen LogP contribution in [0.15, 0.2) is 22.4 Å². The Balaban J connectivity index is 1.74. The van der Waals surface area contributed by atoms with E-state index in [1.807, 2.05) is 11.4 Å². The number of aryl methyl sites for hydroxylation is 1. The van der Waals surface area contributed by atoms with Crippen molar-refractivity contribution in [2.45, 2.75) is 25.8 Å². The molecule has 4 nitrogen and oxygen atoms in total. The van der Waals surface area contributed by atoms with E-state index in [1.54, 1.807) is 22.2 Å². The standard InChI is InChI=1S/C13H16N2O2S/c16-13-11-4-7-18-12(11)8-14-15(13)5-3-10-2-1-6-17-9-10/h4,7-8,10H,1-3,5-6,9H2. The predicted molar refractivity (Wildman–Crippen MR) is 72.0 cm³/mol. The summed E-state index contributed by atoms with van der Waals surface area (Å²) in [5.41, 5.74) is 0.0328. The van der Waals surface area contributed by atoms with Crippen LogP contribution in [0.25, 0.3) is 10.1 Å². The lowest BCUT2D eigenvalue weighted by atomic mass is 9.99. The Bertz CT molecular complexity index is 584. The molecule has 0 amide bonds. The van der Waals surface area contributed by atoms with E-state index in [4.69, 9.17) is 4.74 Å². The SMILES string of the molecule is O=c1c2ccsc2cnn1CCC1CCCOC1. The Morgan fingerprint density at radius 2 is 2.50 bits per heavy atom. The van der Waals surface area contributed by atoms with Crippen LogP contribution in [-0.2, 0) is 11.3 Å². The van der Waals surface area contributed by atoms with E-state index in [2.05, 4.69) is 5.10 Å². The van der Waals surface area contributed by atoms with Gasteiger partial charge in [0.25, 0.3) is 5.56 Å². The highest BCUT2D eigenvalue weighted by Crippen LogP contribution is 2.18.